The van der Waals surface area contributed by atoms with Gasteiger partial charge in [-0.1, -0.05) is 43.3 Å². The van der Waals surface area contributed by atoms with Crippen LogP contribution in [-0.2, 0) is 16.8 Å². The second kappa shape index (κ2) is 13.0. The van der Waals surface area contributed by atoms with E-state index in [1.54, 1.807) is 23.1 Å². The van der Waals surface area contributed by atoms with Crippen molar-refractivity contribution in [2.75, 3.05) is 26.2 Å². The smallest absolute Gasteiger partial charge is 0.404 e. The molecule has 1 aliphatic heterocycles. The zero-order chi connectivity index (χ0) is 27.0. The molecule has 1 heterocycles. The van der Waals surface area contributed by atoms with Gasteiger partial charge in [-0.2, -0.15) is 0 Å². The molecule has 3 atom stereocenters. The summed E-state index contributed by atoms with van der Waals surface area (Å²) in [6.07, 6.45) is 0.134. The fourth-order valence-corrected chi connectivity index (χ4v) is 5.39. The van der Waals surface area contributed by atoms with E-state index in [0.717, 1.165) is 5.56 Å². The first-order chi connectivity index (χ1) is 17.7. The summed E-state index contributed by atoms with van der Waals surface area (Å²) in [6.45, 7) is 2.80. The number of carbonyl (C=O) groups is 2. The van der Waals surface area contributed by atoms with E-state index in [4.69, 9.17) is 10.8 Å². The van der Waals surface area contributed by atoms with E-state index in [1.807, 2.05) is 25.1 Å². The number of rotatable bonds is 11. The average Bonchev–Trinajstić information content (AvgIpc) is 2.91. The van der Waals surface area contributed by atoms with Gasteiger partial charge in [-0.05, 0) is 54.9 Å². The van der Waals surface area contributed by atoms with Crippen LogP contribution in [0.5, 0.6) is 0 Å². The van der Waals surface area contributed by atoms with Crippen LogP contribution in [-0.4, -0.2) is 64.5 Å². The predicted octanol–water partition coefficient (Wildman–Crippen LogP) is 3.24. The second-order valence-electron chi connectivity index (χ2n) is 9.71. The first kappa shape index (κ1) is 28.6. The molecule has 1 aliphatic rings. The summed E-state index contributed by atoms with van der Waals surface area (Å²) >= 11 is 0. The first-order valence-corrected chi connectivity index (χ1v) is 12.9. The fourth-order valence-electron chi connectivity index (χ4n) is 5.39. The molecule has 0 radical (unpaired) electrons. The number of hydrogen-bond acceptors (Lipinski definition) is 5. The summed E-state index contributed by atoms with van der Waals surface area (Å²) in [6, 6.07) is 12.2. The lowest BCUT2D eigenvalue weighted by Gasteiger charge is -2.44. The van der Waals surface area contributed by atoms with Gasteiger partial charge in [-0.3, -0.25) is 4.79 Å². The molecule has 1 fully saturated rings. The SMILES string of the molecule is CCc1ccc(F)c(-c2ccccc2)c1C(O)(CCCNC(=O)O)C1CCCN(C(=O)CC(O)CN)C1. The summed E-state index contributed by atoms with van der Waals surface area (Å²) in [5.41, 5.74) is 6.23. The monoisotopic (exact) mass is 515 g/mol. The summed E-state index contributed by atoms with van der Waals surface area (Å²) < 4.78 is 15.5. The van der Waals surface area contributed by atoms with E-state index < -0.39 is 29.5 Å². The highest BCUT2D eigenvalue weighted by Gasteiger charge is 2.44. The molecule has 9 heteroatoms. The zero-order valence-corrected chi connectivity index (χ0v) is 21.3. The molecule has 3 unspecified atom stereocenters. The minimum absolute atomic E-state index is 0.0207. The molecule has 0 spiro atoms. The first-order valence-electron chi connectivity index (χ1n) is 12.9. The maximum atomic E-state index is 15.5. The Morgan fingerprint density at radius 1 is 1.24 bits per heavy atom. The Morgan fingerprint density at radius 3 is 2.62 bits per heavy atom. The van der Waals surface area contributed by atoms with Crippen LogP contribution in [0.1, 0.15) is 50.2 Å². The number of halogens is 1. The standard InChI is InChI=1S/C28H38FN3O5/c1-2-19-11-12-23(29)25(20-8-4-3-5-9-20)26(19)28(37,13-7-14-31-27(35)36)21-10-6-15-32(18-21)24(34)16-22(33)17-30/h3-5,8-9,11-12,21-22,31,33,37H,2,6-7,10,13-18,30H2,1H3,(H,35,36). The summed E-state index contributed by atoms with van der Waals surface area (Å²) in [5.74, 6) is -1.11. The third kappa shape index (κ3) is 6.85. The van der Waals surface area contributed by atoms with Gasteiger partial charge in [0.1, 0.15) is 5.82 Å². The molecule has 37 heavy (non-hydrogen) atoms. The Bertz CT molecular complexity index is 1070. The van der Waals surface area contributed by atoms with E-state index in [-0.39, 0.29) is 38.4 Å². The highest BCUT2D eigenvalue weighted by atomic mass is 19.1. The molecule has 2 amide bonds. The fraction of sp³-hybridized carbons (Fsp3) is 0.500. The van der Waals surface area contributed by atoms with Gasteiger partial charge >= 0.3 is 6.09 Å². The van der Waals surface area contributed by atoms with Crippen molar-refractivity contribution in [3.05, 3.63) is 59.4 Å². The predicted molar refractivity (Wildman–Crippen MR) is 139 cm³/mol. The van der Waals surface area contributed by atoms with E-state index in [2.05, 4.69) is 5.32 Å². The van der Waals surface area contributed by atoms with Gasteiger partial charge in [0.15, 0.2) is 0 Å². The molecule has 1 saturated heterocycles. The maximum Gasteiger partial charge on any atom is 0.404 e. The Labute approximate surface area is 217 Å². The van der Waals surface area contributed by atoms with Crippen LogP contribution in [0.4, 0.5) is 9.18 Å². The number of likely N-dealkylation sites (tertiary alicyclic amines) is 1. The average molecular weight is 516 g/mol. The van der Waals surface area contributed by atoms with Crippen LogP contribution in [0.25, 0.3) is 11.1 Å². The Morgan fingerprint density at radius 2 is 1.97 bits per heavy atom. The number of aliphatic hydroxyl groups is 2. The number of benzene rings is 2. The number of carbonyl (C=O) groups excluding carboxylic acids is 1. The van der Waals surface area contributed by atoms with Crippen molar-refractivity contribution >= 4 is 12.0 Å². The quantitative estimate of drug-likeness (QED) is 0.292. The number of piperidine rings is 1. The number of aryl methyl sites for hydroxylation is 1. The molecule has 0 aliphatic carbocycles. The molecular weight excluding hydrogens is 477 g/mol. The molecule has 202 valence electrons. The zero-order valence-electron chi connectivity index (χ0n) is 21.3. The molecule has 0 saturated carbocycles. The minimum Gasteiger partial charge on any atom is -0.465 e. The van der Waals surface area contributed by atoms with Crippen molar-refractivity contribution in [1.29, 1.82) is 0 Å². The van der Waals surface area contributed by atoms with Crippen LogP contribution < -0.4 is 11.1 Å². The van der Waals surface area contributed by atoms with Crippen molar-refractivity contribution in [3.8, 4) is 11.1 Å². The lowest BCUT2D eigenvalue weighted by molar-refractivity contribution is -0.138. The highest BCUT2D eigenvalue weighted by Crippen LogP contribution is 2.46. The summed E-state index contributed by atoms with van der Waals surface area (Å²) in [7, 11) is 0. The molecular formula is C28H38FN3O5. The maximum absolute atomic E-state index is 15.5. The van der Waals surface area contributed by atoms with Gasteiger partial charge in [0.2, 0.25) is 5.91 Å². The van der Waals surface area contributed by atoms with Crippen molar-refractivity contribution < 1.29 is 29.3 Å². The summed E-state index contributed by atoms with van der Waals surface area (Å²) in [5, 5.41) is 33.8. The number of nitrogens with one attached hydrogen (secondary N) is 1. The Balaban J connectivity index is 2.08. The lowest BCUT2D eigenvalue weighted by atomic mass is 9.70. The number of carboxylic acid groups (broad SMARTS) is 1. The Hall–Kier alpha value is -3.01. The third-order valence-electron chi connectivity index (χ3n) is 7.26. The Kier molecular flexibility index (Phi) is 10.0. The van der Waals surface area contributed by atoms with Gasteiger partial charge < -0.3 is 31.3 Å². The largest absolute Gasteiger partial charge is 0.465 e. The van der Waals surface area contributed by atoms with Crippen LogP contribution in [0.15, 0.2) is 42.5 Å². The van der Waals surface area contributed by atoms with Crippen LogP contribution in [0.2, 0.25) is 0 Å². The van der Waals surface area contributed by atoms with E-state index >= 15 is 4.39 Å². The molecule has 3 rings (SSSR count). The van der Waals surface area contributed by atoms with Gasteiger partial charge in [0, 0.05) is 37.7 Å². The van der Waals surface area contributed by atoms with E-state index in [9.17, 15) is 19.8 Å². The van der Waals surface area contributed by atoms with Crippen LogP contribution >= 0.6 is 0 Å². The molecule has 6 N–H and O–H groups in total. The van der Waals surface area contributed by atoms with Gasteiger partial charge in [-0.25, -0.2) is 9.18 Å². The van der Waals surface area contributed by atoms with Crippen LogP contribution in [0.3, 0.4) is 0 Å². The number of aliphatic hydroxyl groups excluding tert-OH is 1. The number of amides is 2. The number of nitrogens with two attached hydrogens (primary N) is 1. The molecule has 0 bridgehead atoms. The van der Waals surface area contributed by atoms with E-state index in [1.165, 1.54) is 6.07 Å². The van der Waals surface area contributed by atoms with Crippen LogP contribution in [0, 0.1) is 11.7 Å². The van der Waals surface area contributed by atoms with Crippen molar-refractivity contribution in [2.24, 2.45) is 11.7 Å². The molecule has 0 aromatic heterocycles. The highest BCUT2D eigenvalue weighted by molar-refractivity contribution is 5.77. The minimum atomic E-state index is -1.52. The van der Waals surface area contributed by atoms with E-state index in [0.29, 0.717) is 48.9 Å². The molecule has 8 nitrogen and oxygen atoms in total. The third-order valence-corrected chi connectivity index (χ3v) is 7.26. The lowest BCUT2D eigenvalue weighted by Crippen LogP contribution is -2.49. The number of nitrogens with zero attached hydrogens (tertiary/aromatic N) is 1. The normalized spacial score (nSPS) is 18.2. The van der Waals surface area contributed by atoms with Gasteiger partial charge in [0.25, 0.3) is 0 Å². The van der Waals surface area contributed by atoms with Crippen molar-refractivity contribution in [3.63, 3.8) is 0 Å². The topological polar surface area (TPSA) is 136 Å². The number of hydrogen-bond donors (Lipinski definition) is 5. The molecule has 2 aromatic carbocycles. The van der Waals surface area contributed by atoms with Gasteiger partial charge in [0.05, 0.1) is 18.1 Å². The second-order valence-corrected chi connectivity index (χ2v) is 9.71. The summed E-state index contributed by atoms with van der Waals surface area (Å²) in [4.78, 5) is 25.5. The van der Waals surface area contributed by atoms with Crippen molar-refractivity contribution in [2.45, 2.75) is 57.2 Å². The molecule has 2 aromatic rings. The van der Waals surface area contributed by atoms with Crippen molar-refractivity contribution in [1.82, 2.24) is 10.2 Å². The van der Waals surface area contributed by atoms with Gasteiger partial charge in [-0.15, -0.1) is 0 Å².